The summed E-state index contributed by atoms with van der Waals surface area (Å²) in [5, 5.41) is 8.83. The van der Waals surface area contributed by atoms with Crippen LogP contribution in [0.3, 0.4) is 0 Å². The van der Waals surface area contributed by atoms with Gasteiger partial charge >= 0.3 is 0 Å². The average Bonchev–Trinajstić information content (AvgIpc) is 2.47. The van der Waals surface area contributed by atoms with Crippen LogP contribution in [0.15, 0.2) is 35.6 Å². The zero-order valence-corrected chi connectivity index (χ0v) is 10.6. The van der Waals surface area contributed by atoms with Crippen LogP contribution >= 0.6 is 0 Å². The number of nitrogens with zero attached hydrogens (tertiary/aromatic N) is 3. The summed E-state index contributed by atoms with van der Waals surface area (Å²) in [6.45, 7) is 1.69. The van der Waals surface area contributed by atoms with Gasteiger partial charge < -0.3 is 0 Å². The Bertz CT molecular complexity index is 652. The second-order valence-electron chi connectivity index (χ2n) is 4.49. The van der Waals surface area contributed by atoms with Gasteiger partial charge in [0.15, 0.2) is 5.82 Å². The van der Waals surface area contributed by atoms with Crippen LogP contribution in [0, 0.1) is 0 Å². The van der Waals surface area contributed by atoms with Crippen molar-refractivity contribution in [2.75, 3.05) is 0 Å². The molecule has 0 atom stereocenters. The topological polar surface area (TPSA) is 70.4 Å². The fourth-order valence-electron chi connectivity index (χ4n) is 2.37. The Kier molecular flexibility index (Phi) is 2.97. The molecule has 5 heteroatoms. The number of benzene rings is 1. The van der Waals surface area contributed by atoms with Gasteiger partial charge in [-0.1, -0.05) is 24.3 Å². The summed E-state index contributed by atoms with van der Waals surface area (Å²) in [6, 6.07) is 8.26. The first-order valence-corrected chi connectivity index (χ1v) is 6.17. The summed E-state index contributed by atoms with van der Waals surface area (Å²) < 4.78 is 0. The van der Waals surface area contributed by atoms with Gasteiger partial charge in [-0.15, -0.1) is 0 Å². The quantitative estimate of drug-likeness (QED) is 0.465. The molecule has 3 rings (SSSR count). The van der Waals surface area contributed by atoms with Crippen LogP contribution in [-0.4, -0.2) is 21.0 Å². The summed E-state index contributed by atoms with van der Waals surface area (Å²) in [5.74, 6) is 1.04. The van der Waals surface area contributed by atoms with E-state index in [1.54, 1.807) is 6.92 Å². The lowest BCUT2D eigenvalue weighted by molar-refractivity contribution is 0.234. The number of aryl methyl sites for hydroxylation is 1. The molecule has 0 amide bonds. The van der Waals surface area contributed by atoms with E-state index in [0.717, 1.165) is 29.7 Å². The number of hydrogen-bond donors (Lipinski definition) is 2. The normalized spacial score (nSPS) is 13.7. The van der Waals surface area contributed by atoms with Gasteiger partial charge in [0.05, 0.1) is 5.69 Å². The molecule has 0 saturated carbocycles. The van der Waals surface area contributed by atoms with Crippen molar-refractivity contribution in [1.82, 2.24) is 15.4 Å². The SMILES string of the molecule is CC(=Nc1ncnc2c1CCc1ccccc1-2)NO. The van der Waals surface area contributed by atoms with Gasteiger partial charge in [-0.2, -0.15) is 0 Å². The lowest BCUT2D eigenvalue weighted by Crippen LogP contribution is -2.15. The van der Waals surface area contributed by atoms with Crippen LogP contribution in [0.25, 0.3) is 11.3 Å². The van der Waals surface area contributed by atoms with Crippen LogP contribution in [0.5, 0.6) is 0 Å². The number of aliphatic imine (C=N–C) groups is 1. The molecule has 1 aliphatic carbocycles. The molecule has 0 saturated heterocycles. The van der Waals surface area contributed by atoms with E-state index in [2.05, 4.69) is 27.1 Å². The van der Waals surface area contributed by atoms with E-state index in [0.29, 0.717) is 11.7 Å². The molecular formula is C14H14N4O. The molecule has 19 heavy (non-hydrogen) atoms. The van der Waals surface area contributed by atoms with Crippen molar-refractivity contribution < 1.29 is 5.21 Å². The molecule has 0 spiro atoms. The molecule has 0 unspecified atom stereocenters. The zero-order valence-electron chi connectivity index (χ0n) is 10.6. The minimum atomic E-state index is 0.416. The largest absolute Gasteiger partial charge is 0.290 e. The number of rotatable bonds is 1. The van der Waals surface area contributed by atoms with E-state index in [1.807, 2.05) is 17.6 Å². The van der Waals surface area contributed by atoms with Gasteiger partial charge in [-0.3, -0.25) is 10.7 Å². The van der Waals surface area contributed by atoms with E-state index in [9.17, 15) is 0 Å². The smallest absolute Gasteiger partial charge is 0.161 e. The monoisotopic (exact) mass is 254 g/mol. The zero-order chi connectivity index (χ0) is 13.2. The first kappa shape index (κ1) is 11.8. The van der Waals surface area contributed by atoms with Crippen molar-refractivity contribution in [3.8, 4) is 11.3 Å². The van der Waals surface area contributed by atoms with E-state index >= 15 is 0 Å². The Balaban J connectivity index is 2.16. The van der Waals surface area contributed by atoms with Crippen molar-refractivity contribution in [3.63, 3.8) is 0 Å². The number of hydroxylamine groups is 1. The van der Waals surface area contributed by atoms with Crippen molar-refractivity contribution in [2.24, 2.45) is 4.99 Å². The minimum Gasteiger partial charge on any atom is -0.290 e. The predicted octanol–water partition coefficient (Wildman–Crippen LogP) is 2.27. The summed E-state index contributed by atoms with van der Waals surface area (Å²) >= 11 is 0. The van der Waals surface area contributed by atoms with Crippen molar-refractivity contribution in [3.05, 3.63) is 41.7 Å². The molecule has 0 fully saturated rings. The van der Waals surface area contributed by atoms with Gasteiger partial charge in [0.1, 0.15) is 12.2 Å². The molecule has 2 N–H and O–H groups in total. The Hall–Kier alpha value is -2.27. The van der Waals surface area contributed by atoms with E-state index in [1.165, 1.54) is 11.9 Å². The highest BCUT2D eigenvalue weighted by atomic mass is 16.5. The second kappa shape index (κ2) is 4.78. The van der Waals surface area contributed by atoms with Crippen molar-refractivity contribution in [1.29, 1.82) is 0 Å². The van der Waals surface area contributed by atoms with Crippen LogP contribution < -0.4 is 5.48 Å². The highest BCUT2D eigenvalue weighted by molar-refractivity contribution is 5.82. The number of hydrogen-bond acceptors (Lipinski definition) is 4. The first-order chi connectivity index (χ1) is 9.29. The third kappa shape index (κ3) is 2.08. The molecule has 5 nitrogen and oxygen atoms in total. The third-order valence-electron chi connectivity index (χ3n) is 3.27. The van der Waals surface area contributed by atoms with E-state index < -0.39 is 0 Å². The van der Waals surface area contributed by atoms with E-state index in [-0.39, 0.29) is 0 Å². The summed E-state index contributed by atoms with van der Waals surface area (Å²) in [5.41, 5.74) is 6.47. The highest BCUT2D eigenvalue weighted by Gasteiger charge is 2.20. The van der Waals surface area contributed by atoms with Crippen molar-refractivity contribution in [2.45, 2.75) is 19.8 Å². The van der Waals surface area contributed by atoms with Crippen LogP contribution in [0.1, 0.15) is 18.1 Å². The molecule has 0 bridgehead atoms. The van der Waals surface area contributed by atoms with E-state index in [4.69, 9.17) is 5.21 Å². The van der Waals surface area contributed by atoms with Gasteiger partial charge in [0.25, 0.3) is 0 Å². The molecule has 1 aromatic carbocycles. The lowest BCUT2D eigenvalue weighted by Gasteiger charge is -2.19. The lowest BCUT2D eigenvalue weighted by atomic mass is 9.89. The highest BCUT2D eigenvalue weighted by Crippen LogP contribution is 2.35. The molecule has 96 valence electrons. The van der Waals surface area contributed by atoms with Crippen LogP contribution in [0.2, 0.25) is 0 Å². The minimum absolute atomic E-state index is 0.416. The second-order valence-corrected chi connectivity index (χ2v) is 4.49. The maximum absolute atomic E-state index is 8.83. The fourth-order valence-corrected chi connectivity index (χ4v) is 2.37. The maximum Gasteiger partial charge on any atom is 0.161 e. The molecule has 1 heterocycles. The molecule has 2 aromatic rings. The van der Waals surface area contributed by atoms with Crippen LogP contribution in [-0.2, 0) is 12.8 Å². The van der Waals surface area contributed by atoms with Crippen LogP contribution in [0.4, 0.5) is 5.82 Å². The summed E-state index contributed by atoms with van der Waals surface area (Å²) in [6.07, 6.45) is 3.35. The predicted molar refractivity (Wildman–Crippen MR) is 72.6 cm³/mol. The average molecular weight is 254 g/mol. The Morgan fingerprint density at radius 3 is 2.95 bits per heavy atom. The fraction of sp³-hybridized carbons (Fsp3) is 0.214. The Morgan fingerprint density at radius 1 is 1.26 bits per heavy atom. The number of fused-ring (bicyclic) bond motifs is 3. The molecule has 0 aliphatic heterocycles. The first-order valence-electron chi connectivity index (χ1n) is 6.17. The van der Waals surface area contributed by atoms with Gasteiger partial charge in [-0.25, -0.2) is 15.0 Å². The third-order valence-corrected chi connectivity index (χ3v) is 3.27. The molecule has 0 radical (unpaired) electrons. The number of nitrogens with one attached hydrogen (secondary N) is 1. The standard InChI is InChI=1S/C14H14N4O/c1-9(18-19)17-14-12-7-6-10-4-2-3-5-11(10)13(12)15-8-16-14/h2-5,8,19H,6-7H2,1H3,(H,15,16,17,18). The van der Waals surface area contributed by atoms with Gasteiger partial charge in [0, 0.05) is 11.1 Å². The Labute approximate surface area is 111 Å². The summed E-state index contributed by atoms with van der Waals surface area (Å²) in [4.78, 5) is 12.9. The van der Waals surface area contributed by atoms with Gasteiger partial charge in [-0.05, 0) is 25.3 Å². The number of aromatic nitrogens is 2. The maximum atomic E-state index is 8.83. The Morgan fingerprint density at radius 2 is 2.11 bits per heavy atom. The number of amidine groups is 1. The summed E-state index contributed by atoms with van der Waals surface area (Å²) in [7, 11) is 0. The van der Waals surface area contributed by atoms with Gasteiger partial charge in [0.2, 0.25) is 0 Å². The molecular weight excluding hydrogens is 240 g/mol. The molecule has 1 aromatic heterocycles. The molecule has 1 aliphatic rings. The van der Waals surface area contributed by atoms with Crippen molar-refractivity contribution >= 4 is 11.7 Å².